The number of carbonyl (C=O) groups excluding carboxylic acids is 1. The van der Waals surface area contributed by atoms with Crippen LogP contribution in [0.4, 0.5) is 4.39 Å². The second-order valence-corrected chi connectivity index (χ2v) is 8.16. The van der Waals surface area contributed by atoms with Crippen LogP contribution >= 0.6 is 0 Å². The molecule has 0 bridgehead atoms. The maximum absolute atomic E-state index is 13.0. The molecule has 6 heteroatoms. The van der Waals surface area contributed by atoms with Gasteiger partial charge in [-0.1, -0.05) is 19.3 Å². The van der Waals surface area contributed by atoms with Gasteiger partial charge in [0.1, 0.15) is 23.8 Å². The standard InChI is InChI=1S/C21H30FNO4/c22-17-5-7-18(8-6-17)27-16-21(26)11-4-13-23(14-12-21)19(24)15-20(25)9-2-1-3-10-20/h5-8,25-26H,1-4,9-16H2. The lowest BCUT2D eigenvalue weighted by Crippen LogP contribution is -2.42. The quantitative estimate of drug-likeness (QED) is 0.825. The zero-order valence-electron chi connectivity index (χ0n) is 15.8. The van der Waals surface area contributed by atoms with Gasteiger partial charge < -0.3 is 19.8 Å². The molecule has 2 aliphatic rings. The Hall–Kier alpha value is -1.66. The molecule has 5 nitrogen and oxygen atoms in total. The number of nitrogens with zero attached hydrogens (tertiary/aromatic N) is 1. The van der Waals surface area contributed by atoms with Gasteiger partial charge in [0.15, 0.2) is 0 Å². The van der Waals surface area contributed by atoms with Crippen molar-refractivity contribution in [1.29, 1.82) is 0 Å². The highest BCUT2D eigenvalue weighted by molar-refractivity contribution is 5.77. The minimum atomic E-state index is -1.01. The van der Waals surface area contributed by atoms with Gasteiger partial charge in [0.2, 0.25) is 5.91 Å². The summed E-state index contributed by atoms with van der Waals surface area (Å²) < 4.78 is 18.6. The van der Waals surface area contributed by atoms with E-state index in [1.165, 1.54) is 24.3 Å². The third-order valence-corrected chi connectivity index (χ3v) is 5.86. The zero-order valence-corrected chi connectivity index (χ0v) is 15.8. The maximum atomic E-state index is 13.0. The molecule has 2 fully saturated rings. The lowest BCUT2D eigenvalue weighted by molar-refractivity contribution is -0.138. The van der Waals surface area contributed by atoms with Gasteiger partial charge in [-0.15, -0.1) is 0 Å². The number of likely N-dealkylation sites (tertiary alicyclic amines) is 1. The number of benzene rings is 1. The van der Waals surface area contributed by atoms with E-state index < -0.39 is 11.2 Å². The van der Waals surface area contributed by atoms with Crippen molar-refractivity contribution < 1.29 is 24.1 Å². The molecule has 0 aromatic heterocycles. The van der Waals surface area contributed by atoms with Crippen LogP contribution in [0.5, 0.6) is 5.75 Å². The SMILES string of the molecule is O=C(CC1(O)CCCCC1)N1CCCC(O)(COc2ccc(F)cc2)CC1. The molecule has 1 saturated heterocycles. The summed E-state index contributed by atoms with van der Waals surface area (Å²) in [7, 11) is 0. The summed E-state index contributed by atoms with van der Waals surface area (Å²) in [5.41, 5.74) is -1.87. The second kappa shape index (κ2) is 8.57. The molecular formula is C21H30FNO4. The topological polar surface area (TPSA) is 70.0 Å². The third kappa shape index (κ3) is 5.66. The zero-order chi connectivity index (χ0) is 19.3. The summed E-state index contributed by atoms with van der Waals surface area (Å²) in [4.78, 5) is 14.4. The minimum Gasteiger partial charge on any atom is -0.491 e. The number of hydrogen-bond acceptors (Lipinski definition) is 4. The van der Waals surface area contributed by atoms with Gasteiger partial charge >= 0.3 is 0 Å². The van der Waals surface area contributed by atoms with Crippen molar-refractivity contribution in [2.75, 3.05) is 19.7 Å². The minimum absolute atomic E-state index is 0.0249. The molecule has 3 rings (SSSR count). The number of amides is 1. The van der Waals surface area contributed by atoms with Crippen LogP contribution in [0.3, 0.4) is 0 Å². The maximum Gasteiger partial charge on any atom is 0.225 e. The van der Waals surface area contributed by atoms with Gasteiger partial charge in [-0.3, -0.25) is 4.79 Å². The number of carbonyl (C=O) groups is 1. The van der Waals surface area contributed by atoms with E-state index in [0.29, 0.717) is 50.9 Å². The van der Waals surface area contributed by atoms with Crippen molar-refractivity contribution in [1.82, 2.24) is 4.90 Å². The highest BCUT2D eigenvalue weighted by atomic mass is 19.1. The Bertz CT molecular complexity index is 630. The van der Waals surface area contributed by atoms with E-state index in [-0.39, 0.29) is 24.8 Å². The average Bonchev–Trinajstić information content (AvgIpc) is 2.84. The molecule has 1 aromatic rings. The molecule has 1 saturated carbocycles. The predicted octanol–water partition coefficient (Wildman–Crippen LogP) is 3.03. The van der Waals surface area contributed by atoms with Crippen LogP contribution in [0.25, 0.3) is 0 Å². The molecule has 1 aliphatic carbocycles. The first-order valence-corrected chi connectivity index (χ1v) is 9.99. The van der Waals surface area contributed by atoms with E-state index in [2.05, 4.69) is 0 Å². The molecule has 150 valence electrons. The monoisotopic (exact) mass is 379 g/mol. The first-order chi connectivity index (χ1) is 12.9. The highest BCUT2D eigenvalue weighted by Crippen LogP contribution is 2.32. The summed E-state index contributed by atoms with van der Waals surface area (Å²) in [5, 5.41) is 21.5. The Morgan fingerprint density at radius 1 is 0.963 bits per heavy atom. The number of hydrogen-bond donors (Lipinski definition) is 2. The predicted molar refractivity (Wildman–Crippen MR) is 99.9 cm³/mol. The van der Waals surface area contributed by atoms with Crippen LogP contribution < -0.4 is 4.74 Å². The summed E-state index contributed by atoms with van der Waals surface area (Å²) >= 11 is 0. The number of aliphatic hydroxyl groups is 2. The smallest absolute Gasteiger partial charge is 0.225 e. The van der Waals surface area contributed by atoms with Gasteiger partial charge in [-0.05, 0) is 56.4 Å². The van der Waals surface area contributed by atoms with Crippen LogP contribution in [0, 0.1) is 5.82 Å². The van der Waals surface area contributed by atoms with E-state index in [9.17, 15) is 19.4 Å². The van der Waals surface area contributed by atoms with Crippen molar-refractivity contribution in [3.8, 4) is 5.75 Å². The second-order valence-electron chi connectivity index (χ2n) is 8.16. The van der Waals surface area contributed by atoms with Crippen molar-refractivity contribution in [3.63, 3.8) is 0 Å². The molecule has 1 aliphatic heterocycles. The summed E-state index contributed by atoms with van der Waals surface area (Å²) in [6.45, 7) is 1.16. The molecule has 1 amide bonds. The van der Waals surface area contributed by atoms with Crippen LogP contribution in [-0.4, -0.2) is 51.9 Å². The largest absolute Gasteiger partial charge is 0.491 e. The number of ether oxygens (including phenoxy) is 1. The number of rotatable bonds is 5. The van der Waals surface area contributed by atoms with Gasteiger partial charge in [-0.2, -0.15) is 0 Å². The van der Waals surface area contributed by atoms with Crippen molar-refractivity contribution >= 4 is 5.91 Å². The summed E-state index contributed by atoms with van der Waals surface area (Å²) in [6.07, 6.45) is 6.31. The molecule has 1 heterocycles. The van der Waals surface area contributed by atoms with E-state index in [0.717, 1.165) is 19.3 Å². The fraction of sp³-hybridized carbons (Fsp3) is 0.667. The highest BCUT2D eigenvalue weighted by Gasteiger charge is 2.36. The lowest BCUT2D eigenvalue weighted by Gasteiger charge is -2.33. The summed E-state index contributed by atoms with van der Waals surface area (Å²) in [6, 6.07) is 5.72. The molecule has 27 heavy (non-hydrogen) atoms. The molecule has 1 unspecified atom stereocenters. The summed E-state index contributed by atoms with van der Waals surface area (Å²) in [5.74, 6) is 0.161. The number of halogens is 1. The van der Waals surface area contributed by atoms with E-state index in [1.807, 2.05) is 0 Å². The van der Waals surface area contributed by atoms with Crippen LogP contribution in [0.2, 0.25) is 0 Å². The molecule has 0 radical (unpaired) electrons. The van der Waals surface area contributed by atoms with Gasteiger partial charge in [-0.25, -0.2) is 4.39 Å². The van der Waals surface area contributed by atoms with Gasteiger partial charge in [0.25, 0.3) is 0 Å². The molecule has 1 atom stereocenters. The van der Waals surface area contributed by atoms with E-state index in [1.54, 1.807) is 4.90 Å². The fourth-order valence-electron chi connectivity index (χ4n) is 4.10. The van der Waals surface area contributed by atoms with Crippen LogP contribution in [-0.2, 0) is 4.79 Å². The molecule has 2 N–H and O–H groups in total. The van der Waals surface area contributed by atoms with E-state index >= 15 is 0 Å². The van der Waals surface area contributed by atoms with Crippen LogP contribution in [0.15, 0.2) is 24.3 Å². The normalized spacial score (nSPS) is 25.7. The fourth-order valence-corrected chi connectivity index (χ4v) is 4.10. The average molecular weight is 379 g/mol. The van der Waals surface area contributed by atoms with Crippen LogP contribution in [0.1, 0.15) is 57.8 Å². The molecule has 0 spiro atoms. The molecule has 1 aromatic carbocycles. The Balaban J connectivity index is 1.51. The lowest BCUT2D eigenvalue weighted by atomic mass is 9.82. The first-order valence-electron chi connectivity index (χ1n) is 9.99. The van der Waals surface area contributed by atoms with Crippen molar-refractivity contribution in [2.45, 2.75) is 69.0 Å². The van der Waals surface area contributed by atoms with Gasteiger partial charge in [0.05, 0.1) is 12.0 Å². The Morgan fingerprint density at radius 2 is 1.63 bits per heavy atom. The third-order valence-electron chi connectivity index (χ3n) is 5.86. The van der Waals surface area contributed by atoms with Crippen molar-refractivity contribution in [3.05, 3.63) is 30.1 Å². The first kappa shape index (κ1) is 20.1. The Morgan fingerprint density at radius 3 is 2.33 bits per heavy atom. The van der Waals surface area contributed by atoms with Gasteiger partial charge in [0, 0.05) is 13.1 Å². The Kier molecular flexibility index (Phi) is 6.37. The van der Waals surface area contributed by atoms with Crippen molar-refractivity contribution in [2.24, 2.45) is 0 Å². The van der Waals surface area contributed by atoms with E-state index in [4.69, 9.17) is 4.74 Å². The molecular weight excluding hydrogens is 349 g/mol. The Labute approximate surface area is 160 Å².